The van der Waals surface area contributed by atoms with Crippen LogP contribution < -0.4 is 10.1 Å². The number of hydrogen-bond acceptors (Lipinski definition) is 2. The number of benzene rings is 2. The topological polar surface area (TPSA) is 21.3 Å². The molecule has 0 aliphatic heterocycles. The highest BCUT2D eigenvalue weighted by atomic mass is 79.9. The van der Waals surface area contributed by atoms with Gasteiger partial charge in [-0.15, -0.1) is 0 Å². The summed E-state index contributed by atoms with van der Waals surface area (Å²) in [7, 11) is 1.71. The Morgan fingerprint density at radius 1 is 1.20 bits per heavy atom. The average Bonchev–Trinajstić information content (AvgIpc) is 2.45. The SMILES string of the molecule is COc1ccc(Br)cc1CN[C@@H](C)c1ccccc1C. The molecule has 1 atom stereocenters. The quantitative estimate of drug-likeness (QED) is 0.862. The number of halogens is 1. The van der Waals surface area contributed by atoms with Gasteiger partial charge in [-0.2, -0.15) is 0 Å². The summed E-state index contributed by atoms with van der Waals surface area (Å²) in [5, 5.41) is 3.56. The third-order valence-corrected chi connectivity index (χ3v) is 3.99. The third kappa shape index (κ3) is 3.62. The van der Waals surface area contributed by atoms with Crippen molar-refractivity contribution in [2.75, 3.05) is 7.11 Å². The molecule has 0 aliphatic rings. The summed E-state index contributed by atoms with van der Waals surface area (Å²) in [6.45, 7) is 5.11. The first-order chi connectivity index (χ1) is 9.61. The summed E-state index contributed by atoms with van der Waals surface area (Å²) < 4.78 is 6.47. The fraction of sp³-hybridized carbons (Fsp3) is 0.294. The van der Waals surface area contributed by atoms with Crippen LogP contribution in [-0.4, -0.2) is 7.11 Å². The predicted octanol–water partition coefficient (Wildman–Crippen LogP) is 4.62. The van der Waals surface area contributed by atoms with E-state index >= 15 is 0 Å². The maximum Gasteiger partial charge on any atom is 0.123 e. The first kappa shape index (κ1) is 15.1. The van der Waals surface area contributed by atoms with E-state index in [0.717, 1.165) is 22.3 Å². The van der Waals surface area contributed by atoms with Gasteiger partial charge in [0.2, 0.25) is 0 Å². The highest BCUT2D eigenvalue weighted by Gasteiger charge is 2.09. The molecular formula is C17H20BrNO. The number of hydrogen-bond donors (Lipinski definition) is 1. The van der Waals surface area contributed by atoms with E-state index < -0.39 is 0 Å². The molecule has 106 valence electrons. The smallest absolute Gasteiger partial charge is 0.123 e. The van der Waals surface area contributed by atoms with Gasteiger partial charge in [-0.1, -0.05) is 40.2 Å². The monoisotopic (exact) mass is 333 g/mol. The zero-order valence-electron chi connectivity index (χ0n) is 12.1. The molecule has 0 aliphatic carbocycles. The van der Waals surface area contributed by atoms with Crippen molar-refractivity contribution in [3.8, 4) is 5.75 Å². The summed E-state index contributed by atoms with van der Waals surface area (Å²) >= 11 is 3.51. The highest BCUT2D eigenvalue weighted by molar-refractivity contribution is 9.10. The minimum atomic E-state index is 0.305. The van der Waals surface area contributed by atoms with E-state index in [1.807, 2.05) is 12.1 Å². The average molecular weight is 334 g/mol. The van der Waals surface area contributed by atoms with E-state index in [1.54, 1.807) is 7.11 Å². The molecule has 2 aromatic rings. The van der Waals surface area contributed by atoms with Crippen molar-refractivity contribution < 1.29 is 4.74 Å². The van der Waals surface area contributed by atoms with E-state index in [-0.39, 0.29) is 0 Å². The van der Waals surface area contributed by atoms with Gasteiger partial charge in [0.15, 0.2) is 0 Å². The van der Waals surface area contributed by atoms with Gasteiger partial charge in [0.25, 0.3) is 0 Å². The van der Waals surface area contributed by atoms with Gasteiger partial charge in [0.05, 0.1) is 7.11 Å². The second kappa shape index (κ2) is 6.91. The largest absolute Gasteiger partial charge is 0.496 e. The van der Waals surface area contributed by atoms with Gasteiger partial charge >= 0.3 is 0 Å². The molecule has 2 aromatic carbocycles. The van der Waals surface area contributed by atoms with Crippen LogP contribution in [0.3, 0.4) is 0 Å². The third-order valence-electron chi connectivity index (χ3n) is 3.50. The standard InChI is InChI=1S/C17H20BrNO/c1-12-6-4-5-7-16(12)13(2)19-11-14-10-15(18)8-9-17(14)20-3/h4-10,13,19H,11H2,1-3H3/t13-/m0/s1. The lowest BCUT2D eigenvalue weighted by Gasteiger charge is -2.18. The normalized spacial score (nSPS) is 12.2. The van der Waals surface area contributed by atoms with E-state index in [9.17, 15) is 0 Å². The Kier molecular flexibility index (Phi) is 5.21. The van der Waals surface area contributed by atoms with Crippen LogP contribution >= 0.6 is 15.9 Å². The van der Waals surface area contributed by atoms with Crippen LogP contribution in [0.1, 0.15) is 29.7 Å². The molecule has 1 N–H and O–H groups in total. The first-order valence-electron chi connectivity index (χ1n) is 6.73. The Morgan fingerprint density at radius 2 is 1.95 bits per heavy atom. The molecule has 0 radical (unpaired) electrons. The van der Waals surface area contributed by atoms with Gasteiger partial charge in [0.1, 0.15) is 5.75 Å². The fourth-order valence-electron chi connectivity index (χ4n) is 2.33. The van der Waals surface area contributed by atoms with Crippen molar-refractivity contribution in [3.63, 3.8) is 0 Å². The Balaban J connectivity index is 2.09. The Bertz CT molecular complexity index is 583. The Hall–Kier alpha value is -1.32. The van der Waals surface area contributed by atoms with Gasteiger partial charge < -0.3 is 10.1 Å². The molecule has 0 unspecified atom stereocenters. The van der Waals surface area contributed by atoms with Crippen LogP contribution in [0.4, 0.5) is 0 Å². The van der Waals surface area contributed by atoms with Crippen molar-refractivity contribution in [2.24, 2.45) is 0 Å². The molecule has 0 amide bonds. The van der Waals surface area contributed by atoms with Crippen LogP contribution in [0.15, 0.2) is 46.9 Å². The number of nitrogens with one attached hydrogen (secondary N) is 1. The summed E-state index contributed by atoms with van der Waals surface area (Å²) in [6, 6.07) is 14.9. The van der Waals surface area contributed by atoms with E-state index in [1.165, 1.54) is 11.1 Å². The Labute approximate surface area is 129 Å². The highest BCUT2D eigenvalue weighted by Crippen LogP contribution is 2.24. The van der Waals surface area contributed by atoms with E-state index in [2.05, 4.69) is 65.4 Å². The summed E-state index contributed by atoms with van der Waals surface area (Å²) in [5.41, 5.74) is 3.80. The minimum Gasteiger partial charge on any atom is -0.496 e. The van der Waals surface area contributed by atoms with Crippen molar-refractivity contribution in [1.29, 1.82) is 0 Å². The molecule has 2 nitrogen and oxygen atoms in total. The van der Waals surface area contributed by atoms with Crippen molar-refractivity contribution in [1.82, 2.24) is 5.32 Å². The molecule has 0 saturated heterocycles. The molecule has 2 rings (SSSR count). The second-order valence-electron chi connectivity index (χ2n) is 4.92. The van der Waals surface area contributed by atoms with Gasteiger partial charge in [-0.25, -0.2) is 0 Å². The van der Waals surface area contributed by atoms with Crippen molar-refractivity contribution in [3.05, 3.63) is 63.6 Å². The zero-order chi connectivity index (χ0) is 14.5. The predicted molar refractivity (Wildman–Crippen MR) is 87.1 cm³/mol. The van der Waals surface area contributed by atoms with Crippen LogP contribution in [0.2, 0.25) is 0 Å². The maximum absolute atomic E-state index is 5.40. The molecular weight excluding hydrogens is 314 g/mol. The maximum atomic E-state index is 5.40. The van der Waals surface area contributed by atoms with Crippen molar-refractivity contribution in [2.45, 2.75) is 26.4 Å². The summed E-state index contributed by atoms with van der Waals surface area (Å²) in [5.74, 6) is 0.915. The second-order valence-corrected chi connectivity index (χ2v) is 5.83. The number of rotatable bonds is 5. The van der Waals surface area contributed by atoms with Gasteiger partial charge in [0, 0.05) is 22.6 Å². The lowest BCUT2D eigenvalue weighted by molar-refractivity contribution is 0.406. The summed E-state index contributed by atoms with van der Waals surface area (Å²) in [4.78, 5) is 0. The Morgan fingerprint density at radius 3 is 2.65 bits per heavy atom. The van der Waals surface area contributed by atoms with E-state index in [0.29, 0.717) is 6.04 Å². The molecule has 0 aromatic heterocycles. The number of aryl methyl sites for hydroxylation is 1. The van der Waals surface area contributed by atoms with Gasteiger partial charge in [-0.3, -0.25) is 0 Å². The minimum absolute atomic E-state index is 0.305. The fourth-order valence-corrected chi connectivity index (χ4v) is 2.74. The molecule has 3 heteroatoms. The molecule has 0 saturated carbocycles. The van der Waals surface area contributed by atoms with E-state index in [4.69, 9.17) is 4.74 Å². The summed E-state index contributed by atoms with van der Waals surface area (Å²) in [6.07, 6.45) is 0. The molecule has 0 heterocycles. The zero-order valence-corrected chi connectivity index (χ0v) is 13.7. The molecule has 0 fully saturated rings. The first-order valence-corrected chi connectivity index (χ1v) is 7.52. The van der Waals surface area contributed by atoms with Crippen LogP contribution in [-0.2, 0) is 6.54 Å². The van der Waals surface area contributed by atoms with Crippen LogP contribution in [0, 0.1) is 6.92 Å². The molecule has 20 heavy (non-hydrogen) atoms. The molecule has 0 bridgehead atoms. The lowest BCUT2D eigenvalue weighted by Crippen LogP contribution is -2.19. The van der Waals surface area contributed by atoms with Crippen LogP contribution in [0.5, 0.6) is 5.75 Å². The van der Waals surface area contributed by atoms with Crippen LogP contribution in [0.25, 0.3) is 0 Å². The molecule has 0 spiro atoms. The van der Waals surface area contributed by atoms with Gasteiger partial charge in [-0.05, 0) is 43.2 Å². The number of ether oxygens (including phenoxy) is 1. The van der Waals surface area contributed by atoms with Crippen molar-refractivity contribution >= 4 is 15.9 Å². The number of methoxy groups -OCH3 is 1. The lowest BCUT2D eigenvalue weighted by atomic mass is 10.0.